The fourth-order valence-electron chi connectivity index (χ4n) is 4.24. The molecular formula is C28H32N4O6. The lowest BCUT2D eigenvalue weighted by Crippen LogP contribution is -2.48. The molecule has 4 rings (SSSR count). The average molecular weight is 521 g/mol. The monoisotopic (exact) mass is 520 g/mol. The molecule has 1 aliphatic heterocycles. The first-order valence-corrected chi connectivity index (χ1v) is 12.5. The fraction of sp³-hybridized carbons (Fsp3) is 0.429. The van der Waals surface area contributed by atoms with E-state index in [0.29, 0.717) is 37.1 Å². The standard InChI is InChI=1S/C28H32N4O6/c1-28(2,3)38-27(35)32-12-5-13-36-24(17-32)25(33)30-21(16-29)14-18-6-8-19(9-7-18)20-10-11-23-22(15-20)31(4)26(34)37-23/h6-11,15,21,24H,5,12-14,17H2,1-4H3,(H,30,33). The summed E-state index contributed by atoms with van der Waals surface area (Å²) in [6.45, 7) is 6.17. The Morgan fingerprint density at radius 2 is 1.89 bits per heavy atom. The van der Waals surface area contributed by atoms with Gasteiger partial charge in [-0.2, -0.15) is 5.26 Å². The Hall–Kier alpha value is -4.10. The third-order valence-corrected chi connectivity index (χ3v) is 6.21. The second-order valence-electron chi connectivity index (χ2n) is 10.3. The van der Waals surface area contributed by atoms with Gasteiger partial charge < -0.3 is 24.1 Å². The number of hydrogen-bond donors (Lipinski definition) is 1. The lowest BCUT2D eigenvalue weighted by molar-refractivity contribution is -0.133. The normalized spacial score (nSPS) is 16.9. The Morgan fingerprint density at radius 3 is 2.58 bits per heavy atom. The number of benzene rings is 2. The van der Waals surface area contributed by atoms with Gasteiger partial charge in [0.15, 0.2) is 11.7 Å². The topological polar surface area (TPSA) is 127 Å². The highest BCUT2D eigenvalue weighted by Crippen LogP contribution is 2.24. The minimum Gasteiger partial charge on any atom is -0.444 e. The van der Waals surface area contributed by atoms with Crippen molar-refractivity contribution in [3.05, 3.63) is 58.6 Å². The van der Waals surface area contributed by atoms with Crippen molar-refractivity contribution in [1.82, 2.24) is 14.8 Å². The second-order valence-corrected chi connectivity index (χ2v) is 10.3. The molecule has 1 fully saturated rings. The van der Waals surface area contributed by atoms with Gasteiger partial charge in [-0.1, -0.05) is 30.3 Å². The van der Waals surface area contributed by atoms with Crippen molar-refractivity contribution in [3.8, 4) is 17.2 Å². The van der Waals surface area contributed by atoms with Crippen LogP contribution in [0.1, 0.15) is 32.8 Å². The number of rotatable bonds is 5. The zero-order valence-electron chi connectivity index (χ0n) is 22.0. The van der Waals surface area contributed by atoms with E-state index < -0.39 is 35.5 Å². The van der Waals surface area contributed by atoms with Crippen LogP contribution in [-0.2, 0) is 27.7 Å². The molecule has 10 nitrogen and oxygen atoms in total. The van der Waals surface area contributed by atoms with Crippen LogP contribution in [0.2, 0.25) is 0 Å². The summed E-state index contributed by atoms with van der Waals surface area (Å²) in [7, 11) is 1.66. The first kappa shape index (κ1) is 26.9. The molecule has 10 heteroatoms. The molecule has 0 spiro atoms. The Bertz CT molecular complexity index is 1410. The number of ether oxygens (including phenoxy) is 2. The van der Waals surface area contributed by atoms with Gasteiger partial charge in [0.2, 0.25) is 0 Å². The van der Waals surface area contributed by atoms with Crippen LogP contribution in [0, 0.1) is 11.3 Å². The van der Waals surface area contributed by atoms with E-state index in [1.807, 2.05) is 36.4 Å². The number of oxazole rings is 1. The van der Waals surface area contributed by atoms with Gasteiger partial charge in [0.1, 0.15) is 11.6 Å². The van der Waals surface area contributed by atoms with Crippen LogP contribution < -0.4 is 11.1 Å². The molecular weight excluding hydrogens is 488 g/mol. The van der Waals surface area contributed by atoms with Crippen LogP contribution >= 0.6 is 0 Å². The van der Waals surface area contributed by atoms with Crippen LogP contribution in [0.4, 0.5) is 4.79 Å². The molecule has 1 aromatic heterocycles. The summed E-state index contributed by atoms with van der Waals surface area (Å²) in [6.07, 6.45) is -0.495. The van der Waals surface area contributed by atoms with Gasteiger partial charge in [-0.15, -0.1) is 0 Å². The first-order chi connectivity index (χ1) is 18.0. The number of nitrogens with one attached hydrogen (secondary N) is 1. The lowest BCUT2D eigenvalue weighted by Gasteiger charge is -2.27. The molecule has 0 aliphatic carbocycles. The molecule has 38 heavy (non-hydrogen) atoms. The van der Waals surface area contributed by atoms with Crippen LogP contribution in [-0.4, -0.2) is 58.9 Å². The predicted molar refractivity (Wildman–Crippen MR) is 140 cm³/mol. The number of fused-ring (bicyclic) bond motifs is 1. The zero-order valence-corrected chi connectivity index (χ0v) is 22.0. The number of nitrogens with zero attached hydrogens (tertiary/aromatic N) is 3. The molecule has 1 N–H and O–H groups in total. The molecule has 2 unspecified atom stereocenters. The smallest absolute Gasteiger partial charge is 0.419 e. The van der Waals surface area contributed by atoms with Crippen molar-refractivity contribution >= 4 is 23.1 Å². The quantitative estimate of drug-likeness (QED) is 0.546. The molecule has 1 saturated heterocycles. The zero-order chi connectivity index (χ0) is 27.4. The van der Waals surface area contributed by atoms with E-state index in [1.54, 1.807) is 33.9 Å². The third kappa shape index (κ3) is 6.42. The van der Waals surface area contributed by atoms with Gasteiger partial charge in [-0.25, -0.2) is 9.59 Å². The molecule has 2 heterocycles. The highest BCUT2D eigenvalue weighted by atomic mass is 16.6. The number of carbonyl (C=O) groups is 2. The Morgan fingerprint density at radius 1 is 1.18 bits per heavy atom. The predicted octanol–water partition coefficient (Wildman–Crippen LogP) is 3.38. The number of aryl methyl sites for hydroxylation is 1. The maximum Gasteiger partial charge on any atom is 0.419 e. The number of nitriles is 1. The maximum atomic E-state index is 12.9. The number of hydrogen-bond acceptors (Lipinski definition) is 7. The Labute approximate surface area is 220 Å². The van der Waals surface area contributed by atoms with E-state index in [-0.39, 0.29) is 6.54 Å². The Balaban J connectivity index is 1.39. The summed E-state index contributed by atoms with van der Waals surface area (Å²) in [5, 5.41) is 12.4. The molecule has 1 aliphatic rings. The molecule has 3 aromatic rings. The minimum atomic E-state index is -0.892. The molecule has 0 bridgehead atoms. The van der Waals surface area contributed by atoms with Gasteiger partial charge in [0, 0.05) is 26.6 Å². The van der Waals surface area contributed by atoms with Crippen molar-refractivity contribution in [2.45, 2.75) is 51.4 Å². The molecule has 2 aromatic carbocycles. The average Bonchev–Trinajstić information content (AvgIpc) is 3.03. The molecule has 0 saturated carbocycles. The van der Waals surface area contributed by atoms with Crippen LogP contribution in [0.25, 0.3) is 22.2 Å². The third-order valence-electron chi connectivity index (χ3n) is 6.21. The highest BCUT2D eigenvalue weighted by molar-refractivity contribution is 5.83. The summed E-state index contributed by atoms with van der Waals surface area (Å²) in [4.78, 5) is 38.7. The number of carbonyl (C=O) groups excluding carboxylic acids is 2. The Kier molecular flexibility index (Phi) is 7.88. The minimum absolute atomic E-state index is 0.0557. The summed E-state index contributed by atoms with van der Waals surface area (Å²) < 4.78 is 17.8. The van der Waals surface area contributed by atoms with E-state index in [4.69, 9.17) is 13.9 Å². The van der Waals surface area contributed by atoms with E-state index in [0.717, 1.165) is 16.7 Å². The van der Waals surface area contributed by atoms with Crippen molar-refractivity contribution < 1.29 is 23.5 Å². The summed E-state index contributed by atoms with van der Waals surface area (Å²) in [5.41, 5.74) is 3.32. The largest absolute Gasteiger partial charge is 0.444 e. The van der Waals surface area contributed by atoms with E-state index in [2.05, 4.69) is 11.4 Å². The highest BCUT2D eigenvalue weighted by Gasteiger charge is 2.31. The van der Waals surface area contributed by atoms with Gasteiger partial charge in [0.05, 0.1) is 18.1 Å². The molecule has 0 radical (unpaired) electrons. The van der Waals surface area contributed by atoms with Gasteiger partial charge in [0.25, 0.3) is 5.91 Å². The number of amides is 2. The van der Waals surface area contributed by atoms with E-state index in [9.17, 15) is 19.6 Å². The van der Waals surface area contributed by atoms with Gasteiger partial charge >= 0.3 is 11.8 Å². The van der Waals surface area contributed by atoms with E-state index in [1.165, 1.54) is 9.47 Å². The lowest BCUT2D eigenvalue weighted by atomic mass is 10.0. The van der Waals surface area contributed by atoms with Crippen molar-refractivity contribution in [3.63, 3.8) is 0 Å². The molecule has 2 amide bonds. The van der Waals surface area contributed by atoms with Crippen LogP contribution in [0.15, 0.2) is 51.7 Å². The van der Waals surface area contributed by atoms with Crippen molar-refractivity contribution in [2.75, 3.05) is 19.7 Å². The van der Waals surface area contributed by atoms with E-state index >= 15 is 0 Å². The van der Waals surface area contributed by atoms with Gasteiger partial charge in [-0.3, -0.25) is 9.36 Å². The molecule has 2 atom stereocenters. The van der Waals surface area contributed by atoms with Crippen LogP contribution in [0.5, 0.6) is 0 Å². The van der Waals surface area contributed by atoms with Crippen molar-refractivity contribution in [1.29, 1.82) is 5.26 Å². The fourth-order valence-corrected chi connectivity index (χ4v) is 4.24. The van der Waals surface area contributed by atoms with Crippen molar-refractivity contribution in [2.24, 2.45) is 7.05 Å². The summed E-state index contributed by atoms with van der Waals surface area (Å²) in [6, 6.07) is 14.6. The van der Waals surface area contributed by atoms with Gasteiger partial charge in [-0.05, 0) is 56.0 Å². The SMILES string of the molecule is Cn1c(=O)oc2ccc(-c3ccc(CC(C#N)NC(=O)C4CN(C(=O)OC(C)(C)C)CCCO4)cc3)cc21. The summed E-state index contributed by atoms with van der Waals surface area (Å²) in [5.74, 6) is -0.855. The second kappa shape index (κ2) is 11.1. The number of aromatic nitrogens is 1. The molecule has 200 valence electrons. The van der Waals surface area contributed by atoms with Crippen LogP contribution in [0.3, 0.4) is 0 Å². The first-order valence-electron chi connectivity index (χ1n) is 12.5. The summed E-state index contributed by atoms with van der Waals surface area (Å²) >= 11 is 0. The maximum absolute atomic E-state index is 12.9.